The summed E-state index contributed by atoms with van der Waals surface area (Å²) in [4.78, 5) is 0. The fourth-order valence-corrected chi connectivity index (χ4v) is 21.8. The van der Waals surface area contributed by atoms with Crippen molar-refractivity contribution >= 4 is 74.7 Å². The summed E-state index contributed by atoms with van der Waals surface area (Å²) in [5, 5.41) is 11.3. The van der Waals surface area contributed by atoms with Crippen LogP contribution in [0.5, 0.6) is 0 Å². The molecule has 1 saturated carbocycles. The summed E-state index contributed by atoms with van der Waals surface area (Å²) < 4.78 is 6.07. The Labute approximate surface area is 374 Å². The summed E-state index contributed by atoms with van der Waals surface area (Å²) in [5.41, 5.74) is 0.0260. The van der Waals surface area contributed by atoms with E-state index in [1.807, 2.05) is 0 Å². The summed E-state index contributed by atoms with van der Waals surface area (Å²) in [5.74, 6) is 0. The van der Waals surface area contributed by atoms with Gasteiger partial charge in [0.25, 0.3) is 0 Å². The number of benzene rings is 8. The zero-order valence-corrected chi connectivity index (χ0v) is 39.0. The summed E-state index contributed by atoms with van der Waals surface area (Å²) in [6.07, 6.45) is 4.66. The van der Waals surface area contributed by atoms with Gasteiger partial charge in [-0.1, -0.05) is 256 Å². The molecule has 2 unspecified atom stereocenters. The van der Waals surface area contributed by atoms with Crippen LogP contribution >= 0.6 is 32.3 Å². The average Bonchev–Trinajstić information content (AvgIpc) is 3.34. The van der Waals surface area contributed by atoms with Crippen LogP contribution in [-0.4, -0.2) is 21.5 Å². The second kappa shape index (κ2) is 20.7. The molecule has 0 N–H and O–H groups in total. The van der Waals surface area contributed by atoms with Crippen LogP contribution < -0.4 is 42.4 Å². The number of hydrogen-bond donors (Lipinski definition) is 0. The molecule has 1 fully saturated rings. The molecule has 2 atom stereocenters. The highest BCUT2D eigenvalue weighted by Crippen LogP contribution is 2.61. The van der Waals surface area contributed by atoms with Gasteiger partial charge in [-0.2, -0.15) is 0 Å². The van der Waals surface area contributed by atoms with Gasteiger partial charge in [0.2, 0.25) is 0 Å². The number of hydrogen-bond acceptors (Lipinski definition) is 2. The van der Waals surface area contributed by atoms with Crippen molar-refractivity contribution in [1.29, 1.82) is 0 Å². The maximum Gasteiger partial charge on any atom is 0.0325 e. The van der Waals surface area contributed by atoms with Gasteiger partial charge in [-0.15, -0.1) is 0 Å². The molecular formula is C56H54N2P4. The minimum absolute atomic E-state index is 0.0260. The molecule has 1 aliphatic rings. The second-order valence-corrected chi connectivity index (χ2v) is 25.4. The van der Waals surface area contributed by atoms with Crippen LogP contribution in [0.3, 0.4) is 0 Å². The molecule has 2 nitrogen and oxygen atoms in total. The number of rotatable bonds is 15. The topological polar surface area (TPSA) is 6.48 Å². The largest absolute Gasteiger partial charge is 0.244 e. The maximum absolute atomic E-state index is 3.07. The lowest BCUT2D eigenvalue weighted by Gasteiger charge is -2.51. The van der Waals surface area contributed by atoms with E-state index in [2.05, 4.69) is 258 Å². The maximum atomic E-state index is 3.07. The standard InChI is InChI=1S/C56H54N2P4/c1-56(46-57(59(48-28-10-2-11-29-48)49-30-12-3-13-31-49)60(50-32-14-4-15-33-50)51-34-16-5-17-35-51)44-26-27-47(45-56)58(61(52-36-18-6-19-37-52)53-38-20-7-21-39-53)62(54-40-22-8-23-41-54)55-42-24-9-25-43-55/h2-25,28-43,47H,26-27,44-46H2,1H3. The van der Waals surface area contributed by atoms with Crippen LogP contribution in [0.2, 0.25) is 0 Å². The van der Waals surface area contributed by atoms with Crippen molar-refractivity contribution < 1.29 is 0 Å². The van der Waals surface area contributed by atoms with Crippen molar-refractivity contribution in [3.63, 3.8) is 0 Å². The molecule has 0 aromatic heterocycles. The van der Waals surface area contributed by atoms with Gasteiger partial charge in [0.05, 0.1) is 0 Å². The van der Waals surface area contributed by atoms with Gasteiger partial charge in [0.15, 0.2) is 0 Å². The minimum Gasteiger partial charge on any atom is -0.244 e. The minimum atomic E-state index is -0.900. The zero-order valence-electron chi connectivity index (χ0n) is 35.4. The zero-order chi connectivity index (χ0) is 42.0. The molecule has 8 aromatic carbocycles. The molecular weight excluding hydrogens is 825 g/mol. The molecule has 0 amide bonds. The van der Waals surface area contributed by atoms with E-state index in [0.717, 1.165) is 13.0 Å². The Bertz CT molecular complexity index is 2210. The Morgan fingerprint density at radius 2 is 0.613 bits per heavy atom. The van der Waals surface area contributed by atoms with Gasteiger partial charge in [-0.05, 0) is 67.1 Å². The van der Waals surface area contributed by atoms with E-state index < -0.39 is 32.3 Å². The molecule has 0 radical (unpaired) electrons. The molecule has 0 aliphatic heterocycles. The van der Waals surface area contributed by atoms with E-state index in [1.165, 1.54) is 61.7 Å². The first-order valence-electron chi connectivity index (χ1n) is 21.8. The molecule has 1 aliphatic carbocycles. The van der Waals surface area contributed by atoms with Gasteiger partial charge in [0, 0.05) is 44.9 Å². The molecule has 62 heavy (non-hydrogen) atoms. The van der Waals surface area contributed by atoms with Crippen LogP contribution in [0.1, 0.15) is 32.6 Å². The van der Waals surface area contributed by atoms with Crippen molar-refractivity contribution in [2.75, 3.05) is 6.54 Å². The van der Waals surface area contributed by atoms with Gasteiger partial charge < -0.3 is 0 Å². The second-order valence-electron chi connectivity index (χ2n) is 16.3. The Hall–Kier alpha value is -4.60. The smallest absolute Gasteiger partial charge is 0.0325 e. The third-order valence-corrected chi connectivity index (χ3v) is 22.9. The predicted octanol–water partition coefficient (Wildman–Crippen LogP) is 11.7. The molecule has 8 aromatic rings. The predicted molar refractivity (Wildman–Crippen MR) is 275 cm³/mol. The Kier molecular flexibility index (Phi) is 14.3. The third kappa shape index (κ3) is 9.94. The highest BCUT2D eigenvalue weighted by Gasteiger charge is 2.45. The van der Waals surface area contributed by atoms with Crippen molar-refractivity contribution in [2.24, 2.45) is 5.41 Å². The fraction of sp³-hybridized carbons (Fsp3) is 0.143. The molecule has 0 bridgehead atoms. The molecule has 0 spiro atoms. The molecule has 6 heteroatoms. The fourth-order valence-electron chi connectivity index (χ4n) is 9.02. The van der Waals surface area contributed by atoms with E-state index in [1.54, 1.807) is 0 Å². The van der Waals surface area contributed by atoms with Crippen molar-refractivity contribution in [3.8, 4) is 0 Å². The first kappa shape index (κ1) is 42.7. The quantitative estimate of drug-likeness (QED) is 0.0947. The molecule has 308 valence electrons. The van der Waals surface area contributed by atoms with Crippen LogP contribution in [0.15, 0.2) is 243 Å². The highest BCUT2D eigenvalue weighted by atomic mass is 31.2. The van der Waals surface area contributed by atoms with Crippen LogP contribution in [0, 0.1) is 5.41 Å². The monoisotopic (exact) mass is 878 g/mol. The Morgan fingerprint density at radius 1 is 0.371 bits per heavy atom. The van der Waals surface area contributed by atoms with Crippen molar-refractivity contribution in [3.05, 3.63) is 243 Å². The summed E-state index contributed by atoms with van der Waals surface area (Å²) in [6.45, 7) is 3.63. The summed E-state index contributed by atoms with van der Waals surface area (Å²) >= 11 is 0. The average molecular weight is 879 g/mol. The number of nitrogens with zero attached hydrogens (tertiary/aromatic N) is 2. The SMILES string of the molecule is CC1(CN(P(c2ccccc2)c2ccccc2)P(c2ccccc2)c2ccccc2)CCCC(N(P(c2ccccc2)c2ccccc2)P(c2ccccc2)c2ccccc2)C1. The van der Waals surface area contributed by atoms with Crippen LogP contribution in [-0.2, 0) is 0 Å². The van der Waals surface area contributed by atoms with Gasteiger partial charge in [0.1, 0.15) is 0 Å². The Morgan fingerprint density at radius 3 is 0.871 bits per heavy atom. The molecule has 9 rings (SSSR count). The van der Waals surface area contributed by atoms with Crippen LogP contribution in [0.25, 0.3) is 0 Å². The summed E-state index contributed by atoms with van der Waals surface area (Å²) in [6, 6.07) is 91.7. The summed E-state index contributed by atoms with van der Waals surface area (Å²) in [7, 11) is -3.60. The normalized spacial score (nSPS) is 16.7. The van der Waals surface area contributed by atoms with Crippen molar-refractivity contribution in [1.82, 2.24) is 8.88 Å². The van der Waals surface area contributed by atoms with E-state index in [-0.39, 0.29) is 5.41 Å². The van der Waals surface area contributed by atoms with Gasteiger partial charge >= 0.3 is 0 Å². The van der Waals surface area contributed by atoms with E-state index >= 15 is 0 Å². The molecule has 0 heterocycles. The van der Waals surface area contributed by atoms with E-state index in [0.29, 0.717) is 6.04 Å². The lowest BCUT2D eigenvalue weighted by molar-refractivity contribution is 0.156. The highest BCUT2D eigenvalue weighted by molar-refractivity contribution is 7.85. The third-order valence-electron chi connectivity index (χ3n) is 11.8. The van der Waals surface area contributed by atoms with E-state index in [9.17, 15) is 0 Å². The van der Waals surface area contributed by atoms with Crippen molar-refractivity contribution in [2.45, 2.75) is 38.6 Å². The van der Waals surface area contributed by atoms with E-state index in [4.69, 9.17) is 0 Å². The first-order valence-corrected chi connectivity index (χ1v) is 27.0. The Balaban J connectivity index is 1.21. The lowest BCUT2D eigenvalue weighted by Crippen LogP contribution is -2.46. The van der Waals surface area contributed by atoms with Gasteiger partial charge in [-0.25, -0.2) is 8.88 Å². The van der Waals surface area contributed by atoms with Crippen LogP contribution in [0.4, 0.5) is 0 Å². The van der Waals surface area contributed by atoms with Gasteiger partial charge in [-0.3, -0.25) is 0 Å². The lowest BCUT2D eigenvalue weighted by atomic mass is 9.74. The first-order chi connectivity index (χ1) is 30.7. The molecule has 0 saturated heterocycles.